The molecule has 0 amide bonds. The first-order valence-corrected chi connectivity index (χ1v) is 6.25. The number of carboxylic acid groups (broad SMARTS) is 1. The van der Waals surface area contributed by atoms with Crippen molar-refractivity contribution in [2.75, 3.05) is 6.54 Å². The summed E-state index contributed by atoms with van der Waals surface area (Å²) in [7, 11) is 0. The van der Waals surface area contributed by atoms with Gasteiger partial charge in [0.15, 0.2) is 0 Å². The van der Waals surface area contributed by atoms with Crippen LogP contribution in [-0.4, -0.2) is 34.6 Å². The first-order chi connectivity index (χ1) is 7.27. The first-order valence-electron chi connectivity index (χ1n) is 6.25. The van der Waals surface area contributed by atoms with Crippen LogP contribution in [0.3, 0.4) is 0 Å². The summed E-state index contributed by atoms with van der Waals surface area (Å²) in [4.78, 5) is 13.1. The SMILES string of the molecule is O=C(O)CN(C1CCCCCC1)C1CC1. The monoisotopic (exact) mass is 211 g/mol. The third-order valence-electron chi connectivity index (χ3n) is 3.63. The van der Waals surface area contributed by atoms with Gasteiger partial charge in [0.1, 0.15) is 0 Å². The molecule has 0 unspecified atom stereocenters. The maximum Gasteiger partial charge on any atom is 0.317 e. The Morgan fingerprint density at radius 2 is 1.53 bits per heavy atom. The highest BCUT2D eigenvalue weighted by Gasteiger charge is 2.34. The van der Waals surface area contributed by atoms with Gasteiger partial charge >= 0.3 is 5.97 Å². The molecule has 2 fully saturated rings. The summed E-state index contributed by atoms with van der Waals surface area (Å²) >= 11 is 0. The molecule has 2 rings (SSSR count). The van der Waals surface area contributed by atoms with Crippen molar-refractivity contribution in [2.24, 2.45) is 0 Å². The third-order valence-corrected chi connectivity index (χ3v) is 3.63. The molecule has 0 aromatic carbocycles. The fourth-order valence-corrected chi connectivity index (χ4v) is 2.71. The Morgan fingerprint density at radius 3 is 2.00 bits per heavy atom. The molecule has 2 saturated carbocycles. The van der Waals surface area contributed by atoms with Gasteiger partial charge in [-0.2, -0.15) is 0 Å². The highest BCUT2D eigenvalue weighted by molar-refractivity contribution is 5.69. The second-order valence-corrected chi connectivity index (χ2v) is 4.94. The number of nitrogens with zero attached hydrogens (tertiary/aromatic N) is 1. The van der Waals surface area contributed by atoms with Crippen molar-refractivity contribution in [3.05, 3.63) is 0 Å². The average molecular weight is 211 g/mol. The maximum absolute atomic E-state index is 10.8. The Bertz CT molecular complexity index is 218. The molecule has 0 atom stereocenters. The van der Waals surface area contributed by atoms with Crippen LogP contribution < -0.4 is 0 Å². The molecule has 0 aromatic heterocycles. The number of aliphatic carboxylic acids is 1. The van der Waals surface area contributed by atoms with Gasteiger partial charge in [-0.15, -0.1) is 0 Å². The Balaban J connectivity index is 1.92. The van der Waals surface area contributed by atoms with E-state index in [2.05, 4.69) is 4.90 Å². The predicted octanol–water partition coefficient (Wildman–Crippen LogP) is 2.26. The van der Waals surface area contributed by atoms with Crippen molar-refractivity contribution in [3.63, 3.8) is 0 Å². The second-order valence-electron chi connectivity index (χ2n) is 4.94. The van der Waals surface area contributed by atoms with Crippen molar-refractivity contribution >= 4 is 5.97 Å². The van der Waals surface area contributed by atoms with E-state index < -0.39 is 5.97 Å². The number of rotatable bonds is 4. The van der Waals surface area contributed by atoms with Gasteiger partial charge in [-0.3, -0.25) is 9.69 Å². The molecule has 0 aliphatic heterocycles. The van der Waals surface area contributed by atoms with E-state index in [1.165, 1.54) is 51.4 Å². The minimum Gasteiger partial charge on any atom is -0.480 e. The lowest BCUT2D eigenvalue weighted by Crippen LogP contribution is -2.40. The molecule has 2 aliphatic carbocycles. The maximum atomic E-state index is 10.8. The average Bonchev–Trinajstić information content (AvgIpc) is 3.02. The van der Waals surface area contributed by atoms with E-state index in [-0.39, 0.29) is 6.54 Å². The Hall–Kier alpha value is -0.570. The van der Waals surface area contributed by atoms with Crippen molar-refractivity contribution < 1.29 is 9.90 Å². The molecule has 0 spiro atoms. The minimum atomic E-state index is -0.661. The normalized spacial score (nSPS) is 24.1. The molecule has 0 aromatic rings. The Morgan fingerprint density at radius 1 is 1.00 bits per heavy atom. The van der Waals surface area contributed by atoms with Gasteiger partial charge < -0.3 is 5.11 Å². The molecular formula is C12H21NO2. The summed E-state index contributed by atoms with van der Waals surface area (Å²) < 4.78 is 0. The zero-order valence-corrected chi connectivity index (χ0v) is 9.32. The molecule has 3 heteroatoms. The number of carbonyl (C=O) groups is 1. The van der Waals surface area contributed by atoms with Crippen molar-refractivity contribution in [2.45, 2.75) is 63.5 Å². The summed E-state index contributed by atoms with van der Waals surface area (Å²) in [6.45, 7) is 0.259. The van der Waals surface area contributed by atoms with E-state index in [9.17, 15) is 4.79 Å². The lowest BCUT2D eigenvalue weighted by atomic mass is 10.1. The van der Waals surface area contributed by atoms with Crippen LogP contribution in [-0.2, 0) is 4.79 Å². The zero-order valence-electron chi connectivity index (χ0n) is 9.32. The predicted molar refractivity (Wildman–Crippen MR) is 58.9 cm³/mol. The van der Waals surface area contributed by atoms with E-state index in [1.807, 2.05) is 0 Å². The minimum absolute atomic E-state index is 0.259. The van der Waals surface area contributed by atoms with E-state index in [0.717, 1.165) is 0 Å². The fraction of sp³-hybridized carbons (Fsp3) is 0.917. The van der Waals surface area contributed by atoms with Gasteiger partial charge in [-0.05, 0) is 25.7 Å². The van der Waals surface area contributed by atoms with Crippen molar-refractivity contribution in [1.29, 1.82) is 0 Å². The highest BCUT2D eigenvalue weighted by atomic mass is 16.4. The lowest BCUT2D eigenvalue weighted by molar-refractivity contribution is -0.139. The van der Waals surface area contributed by atoms with Gasteiger partial charge in [0.25, 0.3) is 0 Å². The van der Waals surface area contributed by atoms with Crippen molar-refractivity contribution in [3.8, 4) is 0 Å². The lowest BCUT2D eigenvalue weighted by Gasteiger charge is -2.29. The van der Waals surface area contributed by atoms with Gasteiger partial charge in [-0.25, -0.2) is 0 Å². The second kappa shape index (κ2) is 4.97. The molecule has 2 aliphatic rings. The molecule has 15 heavy (non-hydrogen) atoms. The van der Waals surface area contributed by atoms with Crippen LogP contribution in [0, 0.1) is 0 Å². The van der Waals surface area contributed by atoms with E-state index in [1.54, 1.807) is 0 Å². The molecular weight excluding hydrogens is 190 g/mol. The molecule has 0 bridgehead atoms. The Kier molecular flexibility index (Phi) is 3.62. The van der Waals surface area contributed by atoms with Crippen LogP contribution in [0.15, 0.2) is 0 Å². The van der Waals surface area contributed by atoms with Crippen LogP contribution in [0.1, 0.15) is 51.4 Å². The standard InChI is InChI=1S/C12H21NO2/c14-12(15)9-13(11-7-8-11)10-5-3-1-2-4-6-10/h10-11H,1-9H2,(H,14,15). The van der Waals surface area contributed by atoms with Crippen LogP contribution in [0.4, 0.5) is 0 Å². The quantitative estimate of drug-likeness (QED) is 0.725. The largest absolute Gasteiger partial charge is 0.480 e. The van der Waals surface area contributed by atoms with E-state index in [0.29, 0.717) is 12.1 Å². The summed E-state index contributed by atoms with van der Waals surface area (Å²) in [6, 6.07) is 1.14. The molecule has 3 nitrogen and oxygen atoms in total. The van der Waals surface area contributed by atoms with Crippen LogP contribution >= 0.6 is 0 Å². The summed E-state index contributed by atoms with van der Waals surface area (Å²) in [6.07, 6.45) is 10.1. The molecule has 1 N–H and O–H groups in total. The number of hydrogen-bond acceptors (Lipinski definition) is 2. The van der Waals surface area contributed by atoms with Gasteiger partial charge in [0.05, 0.1) is 6.54 Å². The van der Waals surface area contributed by atoms with Crippen LogP contribution in [0.5, 0.6) is 0 Å². The molecule has 86 valence electrons. The topological polar surface area (TPSA) is 40.5 Å². The molecule has 0 radical (unpaired) electrons. The highest BCUT2D eigenvalue weighted by Crippen LogP contribution is 2.32. The van der Waals surface area contributed by atoms with Crippen molar-refractivity contribution in [1.82, 2.24) is 4.90 Å². The Labute approximate surface area is 91.5 Å². The molecule has 0 heterocycles. The first kappa shape index (κ1) is 10.9. The van der Waals surface area contributed by atoms with Crippen LogP contribution in [0.25, 0.3) is 0 Å². The summed E-state index contributed by atoms with van der Waals surface area (Å²) in [5.74, 6) is -0.661. The zero-order chi connectivity index (χ0) is 10.7. The fourth-order valence-electron chi connectivity index (χ4n) is 2.71. The smallest absolute Gasteiger partial charge is 0.317 e. The van der Waals surface area contributed by atoms with E-state index >= 15 is 0 Å². The van der Waals surface area contributed by atoms with E-state index in [4.69, 9.17) is 5.11 Å². The number of hydrogen-bond donors (Lipinski definition) is 1. The third kappa shape index (κ3) is 3.20. The van der Waals surface area contributed by atoms with Gasteiger partial charge in [-0.1, -0.05) is 25.7 Å². The number of carboxylic acids is 1. The molecule has 0 saturated heterocycles. The summed E-state index contributed by atoms with van der Waals surface area (Å²) in [5.41, 5.74) is 0. The van der Waals surface area contributed by atoms with Gasteiger partial charge in [0, 0.05) is 12.1 Å². The van der Waals surface area contributed by atoms with Crippen LogP contribution in [0.2, 0.25) is 0 Å². The summed E-state index contributed by atoms with van der Waals surface area (Å²) in [5, 5.41) is 8.92. The van der Waals surface area contributed by atoms with Gasteiger partial charge in [0.2, 0.25) is 0 Å².